The summed E-state index contributed by atoms with van der Waals surface area (Å²) < 4.78 is 30.3. The zero-order chi connectivity index (χ0) is 24.3. The van der Waals surface area contributed by atoms with Gasteiger partial charge in [0.25, 0.3) is 15.9 Å². The number of hydrogen-bond acceptors (Lipinski definition) is 6. The van der Waals surface area contributed by atoms with Gasteiger partial charge in [0, 0.05) is 75.8 Å². The number of sulfonamides is 1. The SMILES string of the molecule is CCCn1cc(C(=O)N2CCN(CC)CC2)c(S(=O)(=O)N2CCN(c3ccc(Cl)cc3)CC2)n1. The summed E-state index contributed by atoms with van der Waals surface area (Å²) in [4.78, 5) is 19.5. The first-order valence-corrected chi connectivity index (χ1v) is 13.7. The molecule has 0 bridgehead atoms. The van der Waals surface area contributed by atoms with Crippen LogP contribution in [0.4, 0.5) is 5.69 Å². The number of aryl methyl sites for hydroxylation is 1. The average molecular weight is 509 g/mol. The first-order valence-electron chi connectivity index (χ1n) is 11.9. The number of anilines is 1. The van der Waals surface area contributed by atoms with E-state index >= 15 is 0 Å². The third-order valence-electron chi connectivity index (χ3n) is 6.53. The summed E-state index contributed by atoms with van der Waals surface area (Å²) in [6.45, 7) is 10.1. The molecule has 0 saturated carbocycles. The third kappa shape index (κ3) is 5.25. The number of carbonyl (C=O) groups excluding carboxylic acids is 1. The van der Waals surface area contributed by atoms with Gasteiger partial charge in [0.2, 0.25) is 5.03 Å². The normalized spacial score (nSPS) is 18.4. The molecule has 2 saturated heterocycles. The van der Waals surface area contributed by atoms with Gasteiger partial charge in [0.15, 0.2) is 0 Å². The van der Waals surface area contributed by atoms with Gasteiger partial charge in [-0.25, -0.2) is 8.42 Å². The Kier molecular flexibility index (Phi) is 7.81. The molecular formula is C23H33ClN6O3S. The maximum Gasteiger partial charge on any atom is 0.263 e. The van der Waals surface area contributed by atoms with Crippen molar-refractivity contribution in [2.24, 2.45) is 0 Å². The molecule has 186 valence electrons. The van der Waals surface area contributed by atoms with Gasteiger partial charge in [-0.2, -0.15) is 9.40 Å². The van der Waals surface area contributed by atoms with Crippen molar-refractivity contribution < 1.29 is 13.2 Å². The molecule has 1 amide bonds. The van der Waals surface area contributed by atoms with E-state index in [1.165, 1.54) is 4.31 Å². The molecule has 11 heteroatoms. The third-order valence-corrected chi connectivity index (χ3v) is 8.62. The highest BCUT2D eigenvalue weighted by Crippen LogP contribution is 2.25. The second kappa shape index (κ2) is 10.6. The molecule has 2 aliphatic heterocycles. The van der Waals surface area contributed by atoms with Crippen LogP contribution in [-0.4, -0.2) is 97.1 Å². The predicted octanol–water partition coefficient (Wildman–Crippen LogP) is 2.24. The van der Waals surface area contributed by atoms with Crippen molar-refractivity contribution in [3.8, 4) is 0 Å². The highest BCUT2D eigenvalue weighted by Gasteiger charge is 2.36. The highest BCUT2D eigenvalue weighted by atomic mass is 35.5. The molecule has 0 radical (unpaired) electrons. The maximum absolute atomic E-state index is 13.6. The zero-order valence-corrected chi connectivity index (χ0v) is 21.4. The van der Waals surface area contributed by atoms with Crippen LogP contribution in [0.25, 0.3) is 0 Å². The van der Waals surface area contributed by atoms with Crippen molar-refractivity contribution in [1.82, 2.24) is 23.9 Å². The monoisotopic (exact) mass is 508 g/mol. The largest absolute Gasteiger partial charge is 0.369 e. The van der Waals surface area contributed by atoms with Crippen LogP contribution in [0.2, 0.25) is 5.02 Å². The quantitative estimate of drug-likeness (QED) is 0.570. The number of piperazine rings is 2. The van der Waals surface area contributed by atoms with Crippen molar-refractivity contribution in [3.63, 3.8) is 0 Å². The van der Waals surface area contributed by atoms with E-state index in [-0.39, 0.29) is 16.5 Å². The van der Waals surface area contributed by atoms with E-state index in [9.17, 15) is 13.2 Å². The summed E-state index contributed by atoms with van der Waals surface area (Å²) in [5.41, 5.74) is 1.19. The fraction of sp³-hybridized carbons (Fsp3) is 0.565. The van der Waals surface area contributed by atoms with E-state index in [1.807, 2.05) is 31.2 Å². The summed E-state index contributed by atoms with van der Waals surface area (Å²) >= 11 is 5.99. The van der Waals surface area contributed by atoms with Crippen LogP contribution >= 0.6 is 11.6 Å². The summed E-state index contributed by atoms with van der Waals surface area (Å²) in [6, 6.07) is 7.54. The number of carbonyl (C=O) groups is 1. The van der Waals surface area contributed by atoms with Crippen LogP contribution in [0.3, 0.4) is 0 Å². The molecule has 2 aromatic rings. The number of amides is 1. The number of nitrogens with zero attached hydrogens (tertiary/aromatic N) is 6. The first kappa shape index (κ1) is 25.0. The zero-order valence-electron chi connectivity index (χ0n) is 19.9. The van der Waals surface area contributed by atoms with Crippen LogP contribution in [0, 0.1) is 0 Å². The summed E-state index contributed by atoms with van der Waals surface area (Å²) in [7, 11) is -3.91. The molecule has 2 aliphatic rings. The molecular weight excluding hydrogens is 476 g/mol. The maximum atomic E-state index is 13.6. The van der Waals surface area contributed by atoms with Gasteiger partial charge in [-0.15, -0.1) is 0 Å². The second-order valence-electron chi connectivity index (χ2n) is 8.71. The number of likely N-dealkylation sites (N-methyl/N-ethyl adjacent to an activating group) is 1. The lowest BCUT2D eigenvalue weighted by molar-refractivity contribution is 0.0639. The minimum atomic E-state index is -3.91. The lowest BCUT2D eigenvalue weighted by Crippen LogP contribution is -2.50. The Labute approximate surface area is 206 Å². The van der Waals surface area contributed by atoms with Gasteiger partial charge in [-0.1, -0.05) is 25.4 Å². The topological polar surface area (TPSA) is 82.0 Å². The summed E-state index contributed by atoms with van der Waals surface area (Å²) in [6.07, 6.45) is 2.40. The number of aromatic nitrogens is 2. The molecule has 0 unspecified atom stereocenters. The Morgan fingerprint density at radius 2 is 1.62 bits per heavy atom. The Morgan fingerprint density at radius 1 is 0.971 bits per heavy atom. The Morgan fingerprint density at radius 3 is 2.21 bits per heavy atom. The van der Waals surface area contributed by atoms with Gasteiger partial charge < -0.3 is 14.7 Å². The van der Waals surface area contributed by atoms with E-state index in [4.69, 9.17) is 11.6 Å². The predicted molar refractivity (Wildman–Crippen MR) is 133 cm³/mol. The van der Waals surface area contributed by atoms with Crippen molar-refractivity contribution in [1.29, 1.82) is 0 Å². The summed E-state index contributed by atoms with van der Waals surface area (Å²) in [5, 5.41) is 4.93. The lowest BCUT2D eigenvalue weighted by Gasteiger charge is -2.35. The number of benzene rings is 1. The van der Waals surface area contributed by atoms with Crippen LogP contribution in [0.15, 0.2) is 35.5 Å². The van der Waals surface area contributed by atoms with E-state index in [1.54, 1.807) is 15.8 Å². The fourth-order valence-corrected chi connectivity index (χ4v) is 6.12. The molecule has 9 nitrogen and oxygen atoms in total. The van der Waals surface area contributed by atoms with E-state index in [0.29, 0.717) is 50.8 Å². The van der Waals surface area contributed by atoms with Gasteiger partial charge >= 0.3 is 0 Å². The molecule has 1 aromatic carbocycles. The molecule has 0 N–H and O–H groups in total. The summed E-state index contributed by atoms with van der Waals surface area (Å²) in [5.74, 6) is -0.253. The minimum absolute atomic E-state index is 0.121. The van der Waals surface area contributed by atoms with Crippen molar-refractivity contribution >= 4 is 33.2 Å². The molecule has 0 aliphatic carbocycles. The van der Waals surface area contributed by atoms with Crippen LogP contribution in [0.1, 0.15) is 30.6 Å². The van der Waals surface area contributed by atoms with Gasteiger partial charge in [-0.05, 0) is 37.2 Å². The van der Waals surface area contributed by atoms with Gasteiger partial charge in [-0.3, -0.25) is 9.48 Å². The fourth-order valence-electron chi connectivity index (χ4n) is 4.48. The standard InChI is InChI=1S/C23H33ClN6O3S/c1-3-9-29-18-21(23(31)28-12-10-26(4-2)11-13-28)22(25-29)34(32,33)30-16-14-27(15-17-30)20-7-5-19(24)6-8-20/h5-8,18H,3-4,9-17H2,1-2H3. The molecule has 0 spiro atoms. The molecule has 2 fully saturated rings. The van der Waals surface area contributed by atoms with Crippen LogP contribution < -0.4 is 4.90 Å². The molecule has 3 heterocycles. The van der Waals surface area contributed by atoms with E-state index in [2.05, 4.69) is 21.8 Å². The molecule has 0 atom stereocenters. The Hall–Kier alpha value is -2.14. The van der Waals surface area contributed by atoms with Crippen LogP contribution in [-0.2, 0) is 16.6 Å². The lowest BCUT2D eigenvalue weighted by atomic mass is 10.2. The highest BCUT2D eigenvalue weighted by molar-refractivity contribution is 7.89. The number of hydrogen-bond donors (Lipinski definition) is 0. The van der Waals surface area contributed by atoms with Crippen molar-refractivity contribution in [3.05, 3.63) is 41.0 Å². The average Bonchev–Trinajstić information content (AvgIpc) is 3.29. The smallest absolute Gasteiger partial charge is 0.263 e. The Bertz CT molecular complexity index is 1090. The van der Waals surface area contributed by atoms with Gasteiger partial charge in [0.05, 0.1) is 5.56 Å². The molecule has 4 rings (SSSR count). The Balaban J connectivity index is 1.53. The van der Waals surface area contributed by atoms with E-state index in [0.717, 1.165) is 31.7 Å². The van der Waals surface area contributed by atoms with E-state index < -0.39 is 10.0 Å². The second-order valence-corrected chi connectivity index (χ2v) is 11.0. The van der Waals surface area contributed by atoms with Crippen molar-refractivity contribution in [2.75, 3.05) is 63.8 Å². The molecule has 1 aromatic heterocycles. The van der Waals surface area contributed by atoms with Crippen molar-refractivity contribution in [2.45, 2.75) is 31.8 Å². The minimum Gasteiger partial charge on any atom is -0.369 e. The molecule has 34 heavy (non-hydrogen) atoms. The number of halogens is 1. The first-order chi connectivity index (χ1) is 16.3. The number of rotatable bonds is 7. The van der Waals surface area contributed by atoms with Gasteiger partial charge in [0.1, 0.15) is 0 Å². The van der Waals surface area contributed by atoms with Crippen LogP contribution in [0.5, 0.6) is 0 Å².